The number of nitrogens with zero attached hydrogens (tertiary/aromatic N) is 2. The number of thiocarbonyl (C=S) groups is 1. The number of rotatable bonds is 8. The molecule has 0 spiro atoms. The van der Waals surface area contributed by atoms with Crippen LogP contribution in [0.4, 0.5) is 5.69 Å². The average molecular weight is 535 g/mol. The third-order valence-electron chi connectivity index (χ3n) is 4.86. The number of anilines is 1. The summed E-state index contributed by atoms with van der Waals surface area (Å²) < 4.78 is 21.7. The normalized spacial score (nSPS) is 14.6. The maximum atomic E-state index is 13.5. The minimum absolute atomic E-state index is 0.163. The van der Waals surface area contributed by atoms with E-state index in [0.29, 0.717) is 39.6 Å². The summed E-state index contributed by atoms with van der Waals surface area (Å²) in [7, 11) is 4.39. The van der Waals surface area contributed by atoms with Crippen LogP contribution >= 0.6 is 28.1 Å². The Labute approximate surface area is 205 Å². The van der Waals surface area contributed by atoms with Crippen LogP contribution in [0, 0.1) is 0 Å². The summed E-state index contributed by atoms with van der Waals surface area (Å²) in [5.74, 6) is 0.801. The molecule has 174 valence electrons. The van der Waals surface area contributed by atoms with Gasteiger partial charge in [0.25, 0.3) is 5.91 Å². The second-order valence-corrected chi connectivity index (χ2v) is 7.99. The molecule has 0 N–H and O–H groups in total. The zero-order valence-corrected chi connectivity index (χ0v) is 21.0. The van der Waals surface area contributed by atoms with E-state index < -0.39 is 5.97 Å². The Bertz CT molecular complexity index is 1100. The molecule has 1 saturated heterocycles. The second kappa shape index (κ2) is 10.7. The van der Waals surface area contributed by atoms with Crippen molar-refractivity contribution in [1.29, 1.82) is 0 Å². The van der Waals surface area contributed by atoms with Crippen molar-refractivity contribution >= 4 is 56.9 Å². The zero-order chi connectivity index (χ0) is 24.1. The van der Waals surface area contributed by atoms with Crippen molar-refractivity contribution < 1.29 is 28.5 Å². The quantitative estimate of drug-likeness (QED) is 0.285. The highest BCUT2D eigenvalue weighted by Gasteiger charge is 2.40. The van der Waals surface area contributed by atoms with E-state index in [1.165, 1.54) is 16.9 Å². The Morgan fingerprint density at radius 1 is 1.09 bits per heavy atom. The number of hydrogen-bond acceptors (Lipinski definition) is 7. The van der Waals surface area contributed by atoms with Crippen LogP contribution in [-0.2, 0) is 14.3 Å². The Morgan fingerprint density at radius 3 is 2.36 bits per heavy atom. The molecule has 2 aromatic rings. The van der Waals surface area contributed by atoms with Crippen molar-refractivity contribution in [2.45, 2.75) is 6.92 Å². The summed E-state index contributed by atoms with van der Waals surface area (Å²) in [6.45, 7) is 2.09. The number of esters is 1. The van der Waals surface area contributed by atoms with Crippen LogP contribution < -0.4 is 19.1 Å². The molecule has 33 heavy (non-hydrogen) atoms. The van der Waals surface area contributed by atoms with E-state index >= 15 is 0 Å². The largest absolute Gasteiger partial charge is 0.497 e. The first-order valence-electron chi connectivity index (χ1n) is 9.93. The van der Waals surface area contributed by atoms with Crippen molar-refractivity contribution in [2.24, 2.45) is 0 Å². The highest BCUT2D eigenvalue weighted by atomic mass is 79.9. The van der Waals surface area contributed by atoms with Gasteiger partial charge in [0.1, 0.15) is 18.0 Å². The van der Waals surface area contributed by atoms with E-state index in [-0.39, 0.29) is 23.3 Å². The summed E-state index contributed by atoms with van der Waals surface area (Å²) in [5.41, 5.74) is 1.42. The van der Waals surface area contributed by atoms with Gasteiger partial charge in [0, 0.05) is 4.47 Å². The fourth-order valence-electron chi connectivity index (χ4n) is 3.22. The number of methoxy groups -OCH3 is 3. The molecule has 1 heterocycles. The molecule has 0 aliphatic carbocycles. The lowest BCUT2D eigenvalue weighted by molar-refractivity contribution is -0.140. The predicted molar refractivity (Wildman–Crippen MR) is 132 cm³/mol. The van der Waals surface area contributed by atoms with Crippen molar-refractivity contribution in [2.75, 3.05) is 39.4 Å². The van der Waals surface area contributed by atoms with Crippen LogP contribution in [0.3, 0.4) is 0 Å². The molecule has 0 radical (unpaired) electrons. The maximum absolute atomic E-state index is 13.5. The van der Waals surface area contributed by atoms with Gasteiger partial charge in [-0.15, -0.1) is 0 Å². The minimum atomic E-state index is -0.531. The van der Waals surface area contributed by atoms with Crippen LogP contribution in [0.5, 0.6) is 17.2 Å². The highest BCUT2D eigenvalue weighted by Crippen LogP contribution is 2.36. The molecule has 1 aliphatic heterocycles. The van der Waals surface area contributed by atoms with E-state index in [2.05, 4.69) is 15.9 Å². The molecule has 1 amide bonds. The molecule has 0 unspecified atom stereocenters. The van der Waals surface area contributed by atoms with E-state index in [1.807, 2.05) is 6.92 Å². The SMILES string of the molecule is CCOc1cc(/C=C2/C(=O)N(c3ccc(OC)cc3)C(=S)N2CC(=O)OC)c(Br)cc1OC. The van der Waals surface area contributed by atoms with Gasteiger partial charge in [-0.3, -0.25) is 14.5 Å². The Morgan fingerprint density at radius 2 is 1.79 bits per heavy atom. The third-order valence-corrected chi connectivity index (χ3v) is 5.95. The van der Waals surface area contributed by atoms with Crippen LogP contribution in [0.15, 0.2) is 46.6 Å². The van der Waals surface area contributed by atoms with Gasteiger partial charge >= 0.3 is 5.97 Å². The van der Waals surface area contributed by atoms with Crippen molar-refractivity contribution in [3.63, 3.8) is 0 Å². The molecular weight excluding hydrogens is 512 g/mol. The van der Waals surface area contributed by atoms with Crippen molar-refractivity contribution in [3.05, 3.63) is 52.1 Å². The Balaban J connectivity index is 2.09. The summed E-state index contributed by atoms with van der Waals surface area (Å²) >= 11 is 9.09. The van der Waals surface area contributed by atoms with E-state index in [9.17, 15) is 9.59 Å². The van der Waals surface area contributed by atoms with Gasteiger partial charge in [0.05, 0.1) is 33.6 Å². The summed E-state index contributed by atoms with van der Waals surface area (Å²) in [5, 5.41) is 0.163. The first-order valence-corrected chi connectivity index (χ1v) is 11.1. The fourth-order valence-corrected chi connectivity index (χ4v) is 4.01. The van der Waals surface area contributed by atoms with E-state index in [0.717, 1.165) is 0 Å². The van der Waals surface area contributed by atoms with Crippen LogP contribution in [0.25, 0.3) is 6.08 Å². The van der Waals surface area contributed by atoms with Crippen LogP contribution in [0.1, 0.15) is 12.5 Å². The van der Waals surface area contributed by atoms with Gasteiger partial charge in [0.15, 0.2) is 16.6 Å². The van der Waals surface area contributed by atoms with Gasteiger partial charge in [0.2, 0.25) is 0 Å². The van der Waals surface area contributed by atoms with Crippen molar-refractivity contribution in [1.82, 2.24) is 4.90 Å². The van der Waals surface area contributed by atoms with Gasteiger partial charge in [-0.25, -0.2) is 0 Å². The van der Waals surface area contributed by atoms with Crippen molar-refractivity contribution in [3.8, 4) is 17.2 Å². The molecule has 0 bridgehead atoms. The topological polar surface area (TPSA) is 77.5 Å². The number of benzene rings is 2. The van der Waals surface area contributed by atoms with Crippen LogP contribution in [0.2, 0.25) is 0 Å². The number of halogens is 1. The van der Waals surface area contributed by atoms with Gasteiger partial charge < -0.3 is 23.8 Å². The zero-order valence-electron chi connectivity index (χ0n) is 18.6. The smallest absolute Gasteiger partial charge is 0.325 e. The summed E-state index contributed by atoms with van der Waals surface area (Å²) in [6.07, 6.45) is 1.65. The van der Waals surface area contributed by atoms with E-state index in [1.54, 1.807) is 56.7 Å². The number of carbonyl (C=O) groups is 2. The number of amides is 1. The maximum Gasteiger partial charge on any atom is 0.325 e. The fraction of sp³-hybridized carbons (Fsp3) is 0.261. The monoisotopic (exact) mass is 534 g/mol. The Kier molecular flexibility index (Phi) is 7.93. The van der Waals surface area contributed by atoms with Gasteiger partial charge in [-0.1, -0.05) is 15.9 Å². The molecule has 1 aliphatic rings. The number of ether oxygens (including phenoxy) is 4. The molecule has 1 fully saturated rings. The molecule has 0 atom stereocenters. The third kappa shape index (κ3) is 5.12. The first-order chi connectivity index (χ1) is 15.8. The van der Waals surface area contributed by atoms with Gasteiger partial charge in [-0.05, 0) is 67.2 Å². The molecule has 0 saturated carbocycles. The molecule has 10 heteroatoms. The lowest BCUT2D eigenvalue weighted by Crippen LogP contribution is -2.35. The molecule has 8 nitrogen and oxygen atoms in total. The van der Waals surface area contributed by atoms with E-state index in [4.69, 9.17) is 31.2 Å². The summed E-state index contributed by atoms with van der Waals surface area (Å²) in [6, 6.07) is 10.4. The molecular formula is C23H23BrN2O6S. The van der Waals surface area contributed by atoms with Gasteiger partial charge in [-0.2, -0.15) is 0 Å². The highest BCUT2D eigenvalue weighted by molar-refractivity contribution is 9.10. The lowest BCUT2D eigenvalue weighted by atomic mass is 10.1. The predicted octanol–water partition coefficient (Wildman–Crippen LogP) is 4.01. The first kappa shape index (κ1) is 24.5. The number of hydrogen-bond donors (Lipinski definition) is 0. The standard InChI is InChI=1S/C23H23BrN2O6S/c1-5-32-20-11-14(17(24)12-19(20)30-3)10-18-22(28)26(15-6-8-16(29-2)9-7-15)23(33)25(18)13-21(27)31-4/h6-12H,5,13H2,1-4H3/b18-10-. The summed E-state index contributed by atoms with van der Waals surface area (Å²) in [4.78, 5) is 28.4. The second-order valence-electron chi connectivity index (χ2n) is 6.77. The molecule has 3 rings (SSSR count). The molecule has 2 aromatic carbocycles. The lowest BCUT2D eigenvalue weighted by Gasteiger charge is -2.19. The average Bonchev–Trinajstić information content (AvgIpc) is 3.04. The Hall–Kier alpha value is -3.11. The number of carbonyl (C=O) groups excluding carboxylic acids is 2. The minimum Gasteiger partial charge on any atom is -0.497 e. The van der Waals surface area contributed by atoms with Crippen LogP contribution in [-0.4, -0.2) is 56.4 Å². The molecule has 0 aromatic heterocycles.